The number of ether oxygens (including phenoxy) is 2. The van der Waals surface area contributed by atoms with E-state index in [9.17, 15) is 9.59 Å². The fraction of sp³-hybridized carbons (Fsp3) is 0.429. The minimum atomic E-state index is -0.366. The van der Waals surface area contributed by atoms with Crippen molar-refractivity contribution in [2.45, 2.75) is 25.0 Å². The van der Waals surface area contributed by atoms with Crippen molar-refractivity contribution in [1.82, 2.24) is 4.90 Å². The summed E-state index contributed by atoms with van der Waals surface area (Å²) in [5, 5.41) is 0. The molecule has 5 heteroatoms. The summed E-state index contributed by atoms with van der Waals surface area (Å²) < 4.78 is 9.50. The van der Waals surface area contributed by atoms with E-state index < -0.39 is 0 Å². The topological polar surface area (TPSA) is 55.8 Å². The van der Waals surface area contributed by atoms with E-state index >= 15 is 0 Å². The molecule has 1 aliphatic heterocycles. The van der Waals surface area contributed by atoms with Crippen molar-refractivity contribution in [3.8, 4) is 0 Å². The Morgan fingerprint density at radius 1 is 1.11 bits per heavy atom. The SMILES string of the molecule is COC(=O)C1CC(C(=O)OC)N1Cc1ccccc1. The second-order valence-electron chi connectivity index (χ2n) is 4.47. The molecule has 0 radical (unpaired) electrons. The minimum absolute atomic E-state index is 0.309. The molecule has 0 spiro atoms. The summed E-state index contributed by atoms with van der Waals surface area (Å²) in [6, 6.07) is 8.96. The van der Waals surface area contributed by atoms with Crippen LogP contribution in [-0.4, -0.2) is 43.1 Å². The van der Waals surface area contributed by atoms with Crippen molar-refractivity contribution in [3.63, 3.8) is 0 Å². The van der Waals surface area contributed by atoms with E-state index in [1.165, 1.54) is 14.2 Å². The first-order chi connectivity index (χ1) is 9.17. The van der Waals surface area contributed by atoms with E-state index in [-0.39, 0.29) is 24.0 Å². The monoisotopic (exact) mass is 263 g/mol. The van der Waals surface area contributed by atoms with Crippen LogP contribution >= 0.6 is 0 Å². The number of carbonyl (C=O) groups excluding carboxylic acids is 2. The van der Waals surface area contributed by atoms with Gasteiger partial charge in [-0.3, -0.25) is 14.5 Å². The number of methoxy groups -OCH3 is 2. The second-order valence-corrected chi connectivity index (χ2v) is 4.47. The highest BCUT2D eigenvalue weighted by atomic mass is 16.5. The molecule has 2 atom stereocenters. The number of likely N-dealkylation sites (tertiary alicyclic amines) is 1. The van der Waals surface area contributed by atoms with Crippen molar-refractivity contribution in [1.29, 1.82) is 0 Å². The lowest BCUT2D eigenvalue weighted by Crippen LogP contribution is -2.62. The Balaban J connectivity index is 2.10. The van der Waals surface area contributed by atoms with Gasteiger partial charge in [-0.25, -0.2) is 0 Å². The predicted octanol–water partition coefficient (Wildman–Crippen LogP) is 0.975. The van der Waals surface area contributed by atoms with Crippen molar-refractivity contribution in [3.05, 3.63) is 35.9 Å². The molecule has 1 heterocycles. The zero-order valence-electron chi connectivity index (χ0n) is 11.0. The molecule has 0 aliphatic carbocycles. The van der Waals surface area contributed by atoms with Crippen LogP contribution in [0.25, 0.3) is 0 Å². The van der Waals surface area contributed by atoms with Gasteiger partial charge in [0, 0.05) is 6.54 Å². The summed E-state index contributed by atoms with van der Waals surface area (Å²) in [4.78, 5) is 25.1. The minimum Gasteiger partial charge on any atom is -0.468 e. The maximum atomic E-state index is 11.6. The molecule has 0 saturated carbocycles. The summed E-state index contributed by atoms with van der Waals surface area (Å²) in [6.45, 7) is 0.528. The standard InChI is InChI=1S/C14H17NO4/c1-18-13(16)11-8-12(14(17)19-2)15(11)9-10-6-4-3-5-7-10/h3-7,11-12H,8-9H2,1-2H3. The number of hydrogen-bond donors (Lipinski definition) is 0. The zero-order valence-corrected chi connectivity index (χ0v) is 11.0. The molecule has 1 fully saturated rings. The third-order valence-corrected chi connectivity index (χ3v) is 3.40. The van der Waals surface area contributed by atoms with Crippen LogP contribution in [0.1, 0.15) is 12.0 Å². The third kappa shape index (κ3) is 2.76. The van der Waals surface area contributed by atoms with Crippen LogP contribution in [0.2, 0.25) is 0 Å². The molecule has 0 amide bonds. The average Bonchev–Trinajstić information content (AvgIpc) is 2.44. The smallest absolute Gasteiger partial charge is 0.323 e. The molecule has 0 aromatic heterocycles. The van der Waals surface area contributed by atoms with Crippen molar-refractivity contribution in [2.75, 3.05) is 14.2 Å². The van der Waals surface area contributed by atoms with E-state index in [0.717, 1.165) is 5.56 Å². The van der Waals surface area contributed by atoms with Crippen LogP contribution in [-0.2, 0) is 25.6 Å². The number of esters is 2. The van der Waals surface area contributed by atoms with E-state index in [4.69, 9.17) is 9.47 Å². The molecule has 2 rings (SSSR count). The normalized spacial score (nSPS) is 22.4. The summed E-state index contributed by atoms with van der Waals surface area (Å²) in [5.41, 5.74) is 1.05. The highest BCUT2D eigenvalue weighted by Crippen LogP contribution is 2.29. The van der Waals surface area contributed by atoms with Gasteiger partial charge in [0.25, 0.3) is 0 Å². The van der Waals surface area contributed by atoms with E-state index in [2.05, 4.69) is 0 Å². The third-order valence-electron chi connectivity index (χ3n) is 3.40. The zero-order chi connectivity index (χ0) is 13.8. The highest BCUT2D eigenvalue weighted by molar-refractivity contribution is 5.84. The average molecular weight is 263 g/mol. The Hall–Kier alpha value is -1.88. The summed E-state index contributed by atoms with van der Waals surface area (Å²) in [5.74, 6) is -0.618. The molecule has 0 N–H and O–H groups in total. The Bertz CT molecular complexity index is 438. The number of rotatable bonds is 4. The van der Waals surface area contributed by atoms with Gasteiger partial charge in [0.2, 0.25) is 0 Å². The van der Waals surface area contributed by atoms with Gasteiger partial charge < -0.3 is 9.47 Å². The lowest BCUT2D eigenvalue weighted by molar-refractivity contribution is -0.168. The molecule has 0 bridgehead atoms. The summed E-state index contributed by atoms with van der Waals surface area (Å²) in [6.07, 6.45) is 0.451. The Morgan fingerprint density at radius 3 is 2.11 bits per heavy atom. The number of benzene rings is 1. The second kappa shape index (κ2) is 5.84. The highest BCUT2D eigenvalue weighted by Gasteiger charge is 2.47. The number of carbonyl (C=O) groups is 2. The molecule has 102 valence electrons. The van der Waals surface area contributed by atoms with Gasteiger partial charge in [-0.1, -0.05) is 30.3 Å². The van der Waals surface area contributed by atoms with Gasteiger partial charge in [-0.05, 0) is 12.0 Å². The van der Waals surface area contributed by atoms with Gasteiger partial charge in [0.1, 0.15) is 12.1 Å². The molecule has 2 unspecified atom stereocenters. The Kier molecular flexibility index (Phi) is 4.16. The molecule has 1 aromatic rings. The fourth-order valence-corrected chi connectivity index (χ4v) is 2.31. The summed E-state index contributed by atoms with van der Waals surface area (Å²) in [7, 11) is 2.71. The van der Waals surface area contributed by atoms with Crippen molar-refractivity contribution in [2.24, 2.45) is 0 Å². The quantitative estimate of drug-likeness (QED) is 0.758. The van der Waals surface area contributed by atoms with Gasteiger partial charge in [0.15, 0.2) is 0 Å². The molecule has 1 aromatic carbocycles. The van der Waals surface area contributed by atoms with Crippen LogP contribution in [0, 0.1) is 0 Å². The van der Waals surface area contributed by atoms with Crippen LogP contribution < -0.4 is 0 Å². The Labute approximate surface area is 112 Å². The van der Waals surface area contributed by atoms with E-state index in [1.807, 2.05) is 35.2 Å². The lowest BCUT2D eigenvalue weighted by Gasteiger charge is -2.44. The van der Waals surface area contributed by atoms with Gasteiger partial charge in [-0.2, -0.15) is 0 Å². The summed E-state index contributed by atoms with van der Waals surface area (Å²) >= 11 is 0. The van der Waals surface area contributed by atoms with E-state index in [0.29, 0.717) is 13.0 Å². The van der Waals surface area contributed by atoms with Crippen LogP contribution in [0.4, 0.5) is 0 Å². The molecule has 1 aliphatic rings. The maximum absolute atomic E-state index is 11.6. The predicted molar refractivity (Wildman–Crippen MR) is 68.2 cm³/mol. The first-order valence-corrected chi connectivity index (χ1v) is 6.12. The molecule has 5 nitrogen and oxygen atoms in total. The Morgan fingerprint density at radius 2 is 1.63 bits per heavy atom. The first-order valence-electron chi connectivity index (χ1n) is 6.12. The fourth-order valence-electron chi connectivity index (χ4n) is 2.31. The van der Waals surface area contributed by atoms with Crippen LogP contribution in [0.5, 0.6) is 0 Å². The number of nitrogens with zero attached hydrogens (tertiary/aromatic N) is 1. The number of hydrogen-bond acceptors (Lipinski definition) is 5. The van der Waals surface area contributed by atoms with Crippen molar-refractivity contribution >= 4 is 11.9 Å². The van der Waals surface area contributed by atoms with Gasteiger partial charge in [-0.15, -0.1) is 0 Å². The van der Waals surface area contributed by atoms with Crippen molar-refractivity contribution < 1.29 is 19.1 Å². The van der Waals surface area contributed by atoms with Gasteiger partial charge >= 0.3 is 11.9 Å². The van der Waals surface area contributed by atoms with E-state index in [1.54, 1.807) is 0 Å². The van der Waals surface area contributed by atoms with Crippen LogP contribution in [0.15, 0.2) is 30.3 Å². The maximum Gasteiger partial charge on any atom is 0.323 e. The molecule has 1 saturated heterocycles. The largest absolute Gasteiger partial charge is 0.468 e. The molecular formula is C14H17NO4. The molecular weight excluding hydrogens is 246 g/mol. The lowest BCUT2D eigenvalue weighted by atomic mass is 9.91. The van der Waals surface area contributed by atoms with Crippen LogP contribution in [0.3, 0.4) is 0 Å². The first kappa shape index (κ1) is 13.5. The molecule has 19 heavy (non-hydrogen) atoms. The van der Waals surface area contributed by atoms with Gasteiger partial charge in [0.05, 0.1) is 14.2 Å².